The van der Waals surface area contributed by atoms with Crippen molar-refractivity contribution >= 4 is 29.0 Å². The van der Waals surface area contributed by atoms with Gasteiger partial charge in [0.25, 0.3) is 5.91 Å². The lowest BCUT2D eigenvalue weighted by molar-refractivity contribution is -0.274. The zero-order valence-electron chi connectivity index (χ0n) is 15.4. The quantitative estimate of drug-likeness (QED) is 0.516. The highest BCUT2D eigenvalue weighted by molar-refractivity contribution is 6.05. The van der Waals surface area contributed by atoms with Crippen molar-refractivity contribution in [2.24, 2.45) is 0 Å². The molecule has 3 rings (SSSR count). The first-order valence-corrected chi connectivity index (χ1v) is 8.69. The van der Waals surface area contributed by atoms with Gasteiger partial charge in [-0.2, -0.15) is 0 Å². The summed E-state index contributed by atoms with van der Waals surface area (Å²) < 4.78 is 40.4. The van der Waals surface area contributed by atoms with Crippen LogP contribution in [0.15, 0.2) is 78.9 Å². The number of anilines is 3. The first-order chi connectivity index (χ1) is 14.3. The third kappa shape index (κ3) is 6.26. The number of halogens is 3. The van der Waals surface area contributed by atoms with E-state index in [4.69, 9.17) is 0 Å². The largest absolute Gasteiger partial charge is 0.573 e. The van der Waals surface area contributed by atoms with E-state index < -0.39 is 24.1 Å². The maximum Gasteiger partial charge on any atom is 0.573 e. The molecule has 0 heterocycles. The van der Waals surface area contributed by atoms with Gasteiger partial charge in [0.05, 0.1) is 0 Å². The Kier molecular flexibility index (Phi) is 6.21. The van der Waals surface area contributed by atoms with Crippen LogP contribution in [0.1, 0.15) is 10.4 Å². The topological polar surface area (TPSA) is 79.5 Å². The highest BCUT2D eigenvalue weighted by Crippen LogP contribution is 2.23. The molecule has 0 saturated heterocycles. The zero-order chi connectivity index (χ0) is 21.6. The zero-order valence-corrected chi connectivity index (χ0v) is 15.4. The molecule has 3 N–H and O–H groups in total. The summed E-state index contributed by atoms with van der Waals surface area (Å²) in [6, 6.07) is 19.4. The molecule has 9 heteroatoms. The van der Waals surface area contributed by atoms with E-state index >= 15 is 0 Å². The fraction of sp³-hybridized carbons (Fsp3) is 0.0476. The van der Waals surface area contributed by atoms with Gasteiger partial charge in [-0.3, -0.25) is 4.79 Å². The number of nitrogens with one attached hydrogen (secondary N) is 3. The average molecular weight is 415 g/mol. The lowest BCUT2D eigenvalue weighted by atomic mass is 10.2. The summed E-state index contributed by atoms with van der Waals surface area (Å²) in [5, 5.41) is 7.93. The van der Waals surface area contributed by atoms with Gasteiger partial charge in [-0.05, 0) is 54.6 Å². The molecule has 30 heavy (non-hydrogen) atoms. The first kappa shape index (κ1) is 20.7. The van der Waals surface area contributed by atoms with Crippen molar-refractivity contribution in [2.45, 2.75) is 6.36 Å². The van der Waals surface area contributed by atoms with Crippen LogP contribution in [0.25, 0.3) is 0 Å². The van der Waals surface area contributed by atoms with E-state index in [0.29, 0.717) is 17.1 Å². The standard InChI is InChI=1S/C21H16F3N3O3/c22-21(23,24)30-18-11-9-14(10-12-18)19(28)25-16-7-4-8-17(13-16)27-20(29)26-15-5-2-1-3-6-15/h1-13H,(H,25,28)(H2,26,27,29). The highest BCUT2D eigenvalue weighted by Gasteiger charge is 2.31. The van der Waals surface area contributed by atoms with Crippen LogP contribution in [0.3, 0.4) is 0 Å². The van der Waals surface area contributed by atoms with Crippen LogP contribution < -0.4 is 20.7 Å². The lowest BCUT2D eigenvalue weighted by Gasteiger charge is -2.11. The van der Waals surface area contributed by atoms with E-state index in [9.17, 15) is 22.8 Å². The summed E-state index contributed by atoms with van der Waals surface area (Å²) in [4.78, 5) is 24.4. The summed E-state index contributed by atoms with van der Waals surface area (Å²) in [7, 11) is 0. The van der Waals surface area contributed by atoms with Crippen LogP contribution in [-0.4, -0.2) is 18.3 Å². The third-order valence-corrected chi connectivity index (χ3v) is 3.76. The maximum absolute atomic E-state index is 12.3. The summed E-state index contributed by atoms with van der Waals surface area (Å²) in [5.41, 5.74) is 1.60. The van der Waals surface area contributed by atoms with Crippen molar-refractivity contribution in [3.8, 4) is 5.75 Å². The minimum Gasteiger partial charge on any atom is -0.406 e. The van der Waals surface area contributed by atoms with Crippen LogP contribution in [-0.2, 0) is 0 Å². The van der Waals surface area contributed by atoms with Crippen LogP contribution in [0.4, 0.5) is 35.0 Å². The van der Waals surface area contributed by atoms with E-state index in [2.05, 4.69) is 20.7 Å². The summed E-state index contributed by atoms with van der Waals surface area (Å²) in [5.74, 6) is -0.950. The Morgan fingerprint density at radius 1 is 0.700 bits per heavy atom. The molecule has 0 unspecified atom stereocenters. The Morgan fingerprint density at radius 3 is 1.90 bits per heavy atom. The molecule has 0 saturated carbocycles. The van der Waals surface area contributed by atoms with Gasteiger partial charge in [-0.25, -0.2) is 4.79 Å². The van der Waals surface area contributed by atoms with Crippen molar-refractivity contribution in [2.75, 3.05) is 16.0 Å². The van der Waals surface area contributed by atoms with E-state index in [1.807, 2.05) is 6.07 Å². The number of hydrogen-bond donors (Lipinski definition) is 3. The number of para-hydroxylation sites is 1. The first-order valence-electron chi connectivity index (χ1n) is 8.69. The highest BCUT2D eigenvalue weighted by atomic mass is 19.4. The van der Waals surface area contributed by atoms with E-state index in [1.54, 1.807) is 48.5 Å². The molecule has 0 aromatic heterocycles. The number of hydrogen-bond acceptors (Lipinski definition) is 3. The summed E-state index contributed by atoms with van der Waals surface area (Å²) in [6.45, 7) is 0. The van der Waals surface area contributed by atoms with Crippen molar-refractivity contribution in [3.05, 3.63) is 84.4 Å². The van der Waals surface area contributed by atoms with Gasteiger partial charge in [0, 0.05) is 22.6 Å². The van der Waals surface area contributed by atoms with Gasteiger partial charge in [0.2, 0.25) is 0 Å². The van der Waals surface area contributed by atoms with E-state index in [1.165, 1.54) is 12.1 Å². The summed E-state index contributed by atoms with van der Waals surface area (Å²) >= 11 is 0. The van der Waals surface area contributed by atoms with Gasteiger partial charge in [-0.15, -0.1) is 13.2 Å². The second kappa shape index (κ2) is 8.99. The van der Waals surface area contributed by atoms with Crippen LogP contribution >= 0.6 is 0 Å². The molecular weight excluding hydrogens is 399 g/mol. The minimum atomic E-state index is -4.80. The number of rotatable bonds is 5. The molecule has 0 aliphatic carbocycles. The van der Waals surface area contributed by atoms with Crippen molar-refractivity contribution < 1.29 is 27.5 Å². The Bertz CT molecular complexity index is 1020. The molecule has 6 nitrogen and oxygen atoms in total. The second-order valence-corrected chi connectivity index (χ2v) is 6.05. The number of benzene rings is 3. The van der Waals surface area contributed by atoms with Gasteiger partial charge >= 0.3 is 12.4 Å². The predicted octanol–water partition coefficient (Wildman–Crippen LogP) is 5.48. The number of carbonyl (C=O) groups is 2. The fourth-order valence-corrected chi connectivity index (χ4v) is 2.50. The Hall–Kier alpha value is -4.01. The van der Waals surface area contributed by atoms with Gasteiger partial charge < -0.3 is 20.7 Å². The Balaban J connectivity index is 1.60. The molecule has 0 bridgehead atoms. The monoisotopic (exact) mass is 415 g/mol. The van der Waals surface area contributed by atoms with Crippen LogP contribution in [0, 0.1) is 0 Å². The normalized spacial score (nSPS) is 10.8. The molecule has 0 aliphatic heterocycles. The number of alkyl halides is 3. The smallest absolute Gasteiger partial charge is 0.406 e. The molecule has 0 atom stereocenters. The van der Waals surface area contributed by atoms with Crippen molar-refractivity contribution in [3.63, 3.8) is 0 Å². The number of carbonyl (C=O) groups excluding carboxylic acids is 2. The van der Waals surface area contributed by atoms with Gasteiger partial charge in [-0.1, -0.05) is 24.3 Å². The van der Waals surface area contributed by atoms with Crippen LogP contribution in [0.2, 0.25) is 0 Å². The van der Waals surface area contributed by atoms with Gasteiger partial charge in [0.1, 0.15) is 5.75 Å². The molecule has 0 radical (unpaired) electrons. The van der Waals surface area contributed by atoms with Crippen molar-refractivity contribution in [1.82, 2.24) is 0 Å². The fourth-order valence-electron chi connectivity index (χ4n) is 2.50. The van der Waals surface area contributed by atoms with E-state index in [0.717, 1.165) is 12.1 Å². The second-order valence-electron chi connectivity index (χ2n) is 6.05. The Morgan fingerprint density at radius 2 is 1.27 bits per heavy atom. The number of amides is 3. The molecule has 3 aromatic rings. The minimum absolute atomic E-state index is 0.143. The molecule has 154 valence electrons. The van der Waals surface area contributed by atoms with E-state index in [-0.39, 0.29) is 5.56 Å². The molecular formula is C21H16F3N3O3. The SMILES string of the molecule is O=C(Nc1ccccc1)Nc1cccc(NC(=O)c2ccc(OC(F)(F)F)cc2)c1. The van der Waals surface area contributed by atoms with Gasteiger partial charge in [0.15, 0.2) is 0 Å². The molecule has 0 fully saturated rings. The average Bonchev–Trinajstić information content (AvgIpc) is 2.68. The Labute approximate surface area is 169 Å². The lowest BCUT2D eigenvalue weighted by Crippen LogP contribution is -2.19. The van der Waals surface area contributed by atoms with Crippen molar-refractivity contribution in [1.29, 1.82) is 0 Å². The maximum atomic E-state index is 12.3. The number of urea groups is 1. The number of ether oxygens (including phenoxy) is 1. The molecule has 0 aliphatic rings. The van der Waals surface area contributed by atoms with Crippen LogP contribution in [0.5, 0.6) is 5.75 Å². The molecule has 3 amide bonds. The third-order valence-electron chi connectivity index (χ3n) is 3.76. The predicted molar refractivity (Wildman–Crippen MR) is 107 cm³/mol. The molecule has 3 aromatic carbocycles. The summed E-state index contributed by atoms with van der Waals surface area (Å²) in [6.07, 6.45) is -4.80. The molecule has 0 spiro atoms.